The van der Waals surface area contributed by atoms with Crippen LogP contribution >= 0.6 is 11.6 Å². The van der Waals surface area contributed by atoms with Crippen molar-refractivity contribution in [3.63, 3.8) is 0 Å². The summed E-state index contributed by atoms with van der Waals surface area (Å²) in [4.78, 5) is 14.8. The highest BCUT2D eigenvalue weighted by molar-refractivity contribution is 6.33. The van der Waals surface area contributed by atoms with Gasteiger partial charge in [0.1, 0.15) is 0 Å². The second kappa shape index (κ2) is 5.06. The van der Waals surface area contributed by atoms with Crippen molar-refractivity contribution in [3.8, 4) is 0 Å². The molecular weight excluding hydrogens is 252 g/mol. The van der Waals surface area contributed by atoms with Gasteiger partial charge in [0, 0.05) is 18.1 Å². The van der Waals surface area contributed by atoms with Gasteiger partial charge >= 0.3 is 5.97 Å². The lowest BCUT2D eigenvalue weighted by atomic mass is 10.2. The molecule has 18 heavy (non-hydrogen) atoms. The number of halogens is 1. The van der Waals surface area contributed by atoms with E-state index in [0.717, 1.165) is 11.3 Å². The maximum absolute atomic E-state index is 10.8. The molecule has 2 aromatic rings. The molecule has 0 aliphatic carbocycles. The van der Waals surface area contributed by atoms with Gasteiger partial charge in [0.15, 0.2) is 0 Å². The Kier molecular flexibility index (Phi) is 3.48. The lowest BCUT2D eigenvalue weighted by molar-refractivity contribution is 0.0697. The van der Waals surface area contributed by atoms with Crippen LogP contribution in [0.15, 0.2) is 36.7 Å². The first-order valence-corrected chi connectivity index (χ1v) is 5.66. The molecule has 0 saturated heterocycles. The van der Waals surface area contributed by atoms with Crippen molar-refractivity contribution in [3.05, 3.63) is 52.8 Å². The van der Waals surface area contributed by atoms with E-state index in [0.29, 0.717) is 10.7 Å². The molecule has 0 amide bonds. The Morgan fingerprint density at radius 2 is 2.11 bits per heavy atom. The Balaban J connectivity index is 2.30. The Labute approximate surface area is 109 Å². The zero-order valence-corrected chi connectivity index (χ0v) is 10.4. The van der Waals surface area contributed by atoms with E-state index in [-0.39, 0.29) is 5.56 Å². The number of aromatic nitrogens is 1. The second-order valence-corrected chi connectivity index (χ2v) is 4.22. The third-order valence-corrected chi connectivity index (χ3v) is 2.82. The van der Waals surface area contributed by atoms with E-state index < -0.39 is 5.97 Å². The van der Waals surface area contributed by atoms with E-state index in [1.807, 2.05) is 13.0 Å². The van der Waals surface area contributed by atoms with Crippen molar-refractivity contribution in [1.29, 1.82) is 0 Å². The Morgan fingerprint density at radius 1 is 1.33 bits per heavy atom. The van der Waals surface area contributed by atoms with Crippen LogP contribution in [-0.2, 0) is 0 Å². The average molecular weight is 263 g/mol. The average Bonchev–Trinajstić information content (AvgIpc) is 2.34. The molecule has 0 unspecified atom stereocenters. The first-order chi connectivity index (χ1) is 8.58. The van der Waals surface area contributed by atoms with Crippen LogP contribution in [0.2, 0.25) is 5.02 Å². The van der Waals surface area contributed by atoms with Gasteiger partial charge in [-0.2, -0.15) is 0 Å². The van der Waals surface area contributed by atoms with Crippen molar-refractivity contribution in [1.82, 2.24) is 4.98 Å². The van der Waals surface area contributed by atoms with E-state index >= 15 is 0 Å². The van der Waals surface area contributed by atoms with Crippen molar-refractivity contribution < 1.29 is 9.90 Å². The predicted molar refractivity (Wildman–Crippen MR) is 70.7 cm³/mol. The summed E-state index contributed by atoms with van der Waals surface area (Å²) in [6, 6.07) is 6.40. The number of anilines is 2. The molecule has 0 aliphatic heterocycles. The molecule has 1 aromatic heterocycles. The minimum Gasteiger partial charge on any atom is -0.478 e. The van der Waals surface area contributed by atoms with Crippen LogP contribution in [0, 0.1) is 6.92 Å². The maximum atomic E-state index is 10.8. The highest BCUT2D eigenvalue weighted by atomic mass is 35.5. The van der Waals surface area contributed by atoms with Crippen molar-refractivity contribution in [2.75, 3.05) is 5.32 Å². The van der Waals surface area contributed by atoms with Gasteiger partial charge in [0.2, 0.25) is 0 Å². The number of nitrogens with zero attached hydrogens (tertiary/aromatic N) is 1. The fourth-order valence-corrected chi connectivity index (χ4v) is 1.74. The molecule has 0 saturated carbocycles. The standard InChI is InChI=1S/C13H11ClN2O2/c1-8-7-15-5-4-11(8)16-12-3-2-9(13(17)18)6-10(12)14/h2-7H,1H3,(H,15,16)(H,17,18). The van der Waals surface area contributed by atoms with Gasteiger partial charge in [0.25, 0.3) is 0 Å². The fraction of sp³-hybridized carbons (Fsp3) is 0.0769. The van der Waals surface area contributed by atoms with E-state index in [1.165, 1.54) is 12.1 Å². The number of rotatable bonds is 3. The first-order valence-electron chi connectivity index (χ1n) is 5.28. The number of carboxylic acids is 1. The van der Waals surface area contributed by atoms with Crippen LogP contribution in [0.3, 0.4) is 0 Å². The largest absolute Gasteiger partial charge is 0.478 e. The van der Waals surface area contributed by atoms with E-state index in [2.05, 4.69) is 10.3 Å². The highest BCUT2D eigenvalue weighted by Gasteiger charge is 2.07. The second-order valence-electron chi connectivity index (χ2n) is 3.82. The summed E-state index contributed by atoms with van der Waals surface area (Å²) >= 11 is 6.03. The number of hydrogen-bond donors (Lipinski definition) is 2. The molecule has 5 heteroatoms. The topological polar surface area (TPSA) is 62.2 Å². The zero-order valence-electron chi connectivity index (χ0n) is 9.64. The van der Waals surface area contributed by atoms with E-state index in [1.54, 1.807) is 18.5 Å². The number of carbonyl (C=O) groups is 1. The monoisotopic (exact) mass is 262 g/mol. The maximum Gasteiger partial charge on any atom is 0.335 e. The minimum atomic E-state index is -0.997. The predicted octanol–water partition coefficient (Wildman–Crippen LogP) is 3.49. The van der Waals surface area contributed by atoms with Crippen LogP contribution in [0.25, 0.3) is 0 Å². The number of hydrogen-bond acceptors (Lipinski definition) is 3. The lowest BCUT2D eigenvalue weighted by Gasteiger charge is -2.10. The third-order valence-electron chi connectivity index (χ3n) is 2.51. The fourth-order valence-electron chi connectivity index (χ4n) is 1.51. The zero-order chi connectivity index (χ0) is 13.1. The summed E-state index contributed by atoms with van der Waals surface area (Å²) in [7, 11) is 0. The van der Waals surface area contributed by atoms with Crippen LogP contribution in [0.1, 0.15) is 15.9 Å². The minimum absolute atomic E-state index is 0.164. The normalized spacial score (nSPS) is 10.1. The Morgan fingerprint density at radius 3 is 2.72 bits per heavy atom. The highest BCUT2D eigenvalue weighted by Crippen LogP contribution is 2.27. The van der Waals surface area contributed by atoms with Crippen LogP contribution in [0.5, 0.6) is 0 Å². The van der Waals surface area contributed by atoms with Gasteiger partial charge in [-0.05, 0) is 36.8 Å². The summed E-state index contributed by atoms with van der Waals surface area (Å²) in [5.74, 6) is -0.997. The van der Waals surface area contributed by atoms with Gasteiger partial charge in [-0.3, -0.25) is 4.98 Å². The molecule has 1 heterocycles. The smallest absolute Gasteiger partial charge is 0.335 e. The molecule has 1 aromatic carbocycles. The van der Waals surface area contributed by atoms with E-state index in [9.17, 15) is 4.79 Å². The third kappa shape index (κ3) is 2.60. The summed E-state index contributed by atoms with van der Waals surface area (Å²) in [5.41, 5.74) is 2.69. The molecule has 4 nitrogen and oxygen atoms in total. The van der Waals surface area contributed by atoms with Crippen molar-refractivity contribution in [2.45, 2.75) is 6.92 Å². The number of pyridine rings is 1. The quantitative estimate of drug-likeness (QED) is 0.889. The molecule has 0 atom stereocenters. The Hall–Kier alpha value is -2.07. The van der Waals surface area contributed by atoms with Crippen LogP contribution in [0.4, 0.5) is 11.4 Å². The molecule has 92 valence electrons. The number of benzene rings is 1. The summed E-state index contributed by atoms with van der Waals surface area (Å²) in [5, 5.41) is 12.4. The number of carboxylic acid groups (broad SMARTS) is 1. The van der Waals surface area contributed by atoms with Crippen molar-refractivity contribution in [2.24, 2.45) is 0 Å². The SMILES string of the molecule is Cc1cnccc1Nc1ccc(C(=O)O)cc1Cl. The van der Waals surface area contributed by atoms with Gasteiger partial charge in [0.05, 0.1) is 16.3 Å². The molecule has 2 rings (SSSR count). The molecule has 2 N–H and O–H groups in total. The molecule has 0 spiro atoms. The molecule has 0 radical (unpaired) electrons. The lowest BCUT2D eigenvalue weighted by Crippen LogP contribution is -1.98. The molecule has 0 aliphatic rings. The van der Waals surface area contributed by atoms with E-state index in [4.69, 9.17) is 16.7 Å². The summed E-state index contributed by atoms with van der Waals surface area (Å²) in [6.45, 7) is 1.93. The van der Waals surface area contributed by atoms with Gasteiger partial charge < -0.3 is 10.4 Å². The van der Waals surface area contributed by atoms with Crippen LogP contribution in [-0.4, -0.2) is 16.1 Å². The molecular formula is C13H11ClN2O2. The summed E-state index contributed by atoms with van der Waals surface area (Å²) < 4.78 is 0. The van der Waals surface area contributed by atoms with Crippen LogP contribution < -0.4 is 5.32 Å². The number of aryl methyl sites for hydroxylation is 1. The first kappa shape index (κ1) is 12.4. The summed E-state index contributed by atoms with van der Waals surface area (Å²) in [6.07, 6.45) is 3.41. The number of aromatic carboxylic acids is 1. The van der Waals surface area contributed by atoms with Gasteiger partial charge in [-0.1, -0.05) is 11.6 Å². The molecule has 0 bridgehead atoms. The Bertz CT molecular complexity index is 599. The molecule has 0 fully saturated rings. The van der Waals surface area contributed by atoms with Gasteiger partial charge in [-0.15, -0.1) is 0 Å². The number of nitrogens with one attached hydrogen (secondary N) is 1. The van der Waals surface area contributed by atoms with Gasteiger partial charge in [-0.25, -0.2) is 4.79 Å². The van der Waals surface area contributed by atoms with Crippen molar-refractivity contribution >= 4 is 28.9 Å².